The Hall–Kier alpha value is -4.16. The molecule has 0 aliphatic rings. The average molecular weight is 515 g/mol. The Balaban J connectivity index is 1.80. The van der Waals surface area contributed by atoms with Crippen molar-refractivity contribution in [1.29, 1.82) is 0 Å². The van der Waals surface area contributed by atoms with Crippen molar-refractivity contribution in [3.05, 3.63) is 71.8 Å². The highest BCUT2D eigenvalue weighted by Gasteiger charge is 2.76. The smallest absolute Gasteiger partial charge is 0.460 e. The Bertz CT molecular complexity index is 1350. The summed E-state index contributed by atoms with van der Waals surface area (Å²) < 4.78 is 90.3. The van der Waals surface area contributed by atoms with Crippen LogP contribution < -0.4 is 10.7 Å². The molecule has 0 heterocycles. The molecule has 0 atom stereocenters. The molecule has 36 heavy (non-hydrogen) atoms. The number of nitrogens with one attached hydrogen (secondary N) is 2. The lowest BCUT2D eigenvalue weighted by Gasteiger charge is -2.27. The second-order valence-corrected chi connectivity index (χ2v) is 7.50. The first kappa shape index (κ1) is 26.4. The van der Waals surface area contributed by atoms with Crippen LogP contribution >= 0.6 is 0 Å². The molecule has 3 aromatic carbocycles. The van der Waals surface area contributed by atoms with Gasteiger partial charge in [-0.2, -0.15) is 35.8 Å². The summed E-state index contributed by atoms with van der Waals surface area (Å²) in [4.78, 5) is 24.2. The molecular weight excluding hydrogens is 499 g/mol. The van der Waals surface area contributed by atoms with E-state index in [1.54, 1.807) is 30.3 Å². The van der Waals surface area contributed by atoms with Gasteiger partial charge < -0.3 is 10.4 Å². The van der Waals surface area contributed by atoms with Gasteiger partial charge in [0.1, 0.15) is 5.75 Å². The van der Waals surface area contributed by atoms with Crippen LogP contribution in [-0.4, -0.2) is 40.7 Å². The number of phenolic OH excluding ortho intramolecular Hbond substituents is 1. The number of carbonyl (C=O) groups is 2. The zero-order valence-corrected chi connectivity index (χ0v) is 18.1. The van der Waals surface area contributed by atoms with Gasteiger partial charge in [-0.05, 0) is 41.5 Å². The Morgan fingerprint density at radius 2 is 1.56 bits per heavy atom. The second-order valence-electron chi connectivity index (χ2n) is 7.50. The van der Waals surface area contributed by atoms with E-state index >= 15 is 0 Å². The van der Waals surface area contributed by atoms with E-state index in [1.165, 1.54) is 30.4 Å². The summed E-state index contributed by atoms with van der Waals surface area (Å²) in [7, 11) is 0. The first-order chi connectivity index (χ1) is 16.7. The van der Waals surface area contributed by atoms with Gasteiger partial charge in [-0.15, -0.1) is 0 Å². The van der Waals surface area contributed by atoms with Gasteiger partial charge in [0.25, 0.3) is 5.91 Å². The van der Waals surface area contributed by atoms with Crippen molar-refractivity contribution in [3.63, 3.8) is 0 Å². The van der Waals surface area contributed by atoms with E-state index in [2.05, 4.69) is 10.5 Å². The molecule has 0 aliphatic heterocycles. The number of anilines is 1. The van der Waals surface area contributed by atoms with Crippen molar-refractivity contribution in [2.75, 3.05) is 5.32 Å². The molecule has 190 valence electrons. The van der Waals surface area contributed by atoms with E-state index in [4.69, 9.17) is 0 Å². The lowest BCUT2D eigenvalue weighted by Crippen LogP contribution is -2.57. The van der Waals surface area contributed by atoms with Crippen molar-refractivity contribution in [2.45, 2.75) is 24.9 Å². The quantitative estimate of drug-likeness (QED) is 0.231. The van der Waals surface area contributed by atoms with Gasteiger partial charge >= 0.3 is 23.9 Å². The van der Waals surface area contributed by atoms with Gasteiger partial charge in [0.2, 0.25) is 0 Å². The van der Waals surface area contributed by atoms with Crippen LogP contribution in [0.5, 0.6) is 5.75 Å². The number of halogens is 7. The summed E-state index contributed by atoms with van der Waals surface area (Å²) >= 11 is 0. The molecule has 0 radical (unpaired) electrons. The first-order valence-electron chi connectivity index (χ1n) is 9.96. The fraction of sp³-hybridized carbons (Fsp3) is 0.174. The third-order valence-corrected chi connectivity index (χ3v) is 5.03. The molecular formula is C23H16F7N3O3. The van der Waals surface area contributed by atoms with Gasteiger partial charge in [-0.25, -0.2) is 5.43 Å². The summed E-state index contributed by atoms with van der Waals surface area (Å²) in [6.45, 7) is 1.36. The minimum absolute atomic E-state index is 0.0477. The molecule has 6 nitrogen and oxygen atoms in total. The molecule has 2 amide bonds. The number of benzene rings is 3. The minimum Gasteiger partial charge on any atom is -0.507 e. The summed E-state index contributed by atoms with van der Waals surface area (Å²) in [6.07, 6.45) is -6.66. The van der Waals surface area contributed by atoms with E-state index in [9.17, 15) is 45.4 Å². The SMILES string of the molecule is C/C(=N/NC(=O)c1c(O)ccc2ccccc12)c1cccc(NC(=O)C(F)(F)C(F)(F)C(F)(F)F)c1. The molecule has 13 heteroatoms. The molecule has 0 spiro atoms. The normalized spacial score (nSPS) is 12.9. The maximum absolute atomic E-state index is 13.6. The Labute approximate surface area is 198 Å². The third kappa shape index (κ3) is 4.95. The van der Waals surface area contributed by atoms with Crippen LogP contribution in [0.25, 0.3) is 10.8 Å². The van der Waals surface area contributed by atoms with Crippen molar-refractivity contribution in [2.24, 2.45) is 5.10 Å². The molecule has 0 unspecified atom stereocenters. The number of carbonyl (C=O) groups excluding carboxylic acids is 2. The number of rotatable bonds is 6. The predicted octanol–water partition coefficient (Wildman–Crippen LogP) is 5.47. The van der Waals surface area contributed by atoms with Gasteiger partial charge in [0, 0.05) is 5.69 Å². The van der Waals surface area contributed by atoms with Crippen molar-refractivity contribution in [1.82, 2.24) is 5.43 Å². The average Bonchev–Trinajstić information content (AvgIpc) is 2.81. The Morgan fingerprint density at radius 1 is 0.889 bits per heavy atom. The van der Waals surface area contributed by atoms with E-state index in [1.807, 2.05) is 0 Å². The van der Waals surface area contributed by atoms with Crippen molar-refractivity contribution < 1.29 is 45.4 Å². The number of alkyl halides is 7. The highest BCUT2D eigenvalue weighted by molar-refractivity contribution is 6.10. The van der Waals surface area contributed by atoms with Gasteiger partial charge in [0.05, 0.1) is 11.3 Å². The highest BCUT2D eigenvalue weighted by atomic mass is 19.4. The number of hydrogen-bond acceptors (Lipinski definition) is 4. The number of nitrogens with zero attached hydrogens (tertiary/aromatic N) is 1. The van der Waals surface area contributed by atoms with Crippen LogP contribution in [-0.2, 0) is 4.79 Å². The number of hydrogen-bond donors (Lipinski definition) is 3. The topological polar surface area (TPSA) is 90.8 Å². The molecule has 0 aliphatic carbocycles. The third-order valence-electron chi connectivity index (χ3n) is 5.03. The molecule has 3 rings (SSSR count). The minimum atomic E-state index is -6.66. The van der Waals surface area contributed by atoms with Crippen LogP contribution in [0.1, 0.15) is 22.8 Å². The zero-order chi connectivity index (χ0) is 26.9. The lowest BCUT2D eigenvalue weighted by molar-refractivity contribution is -0.343. The molecule has 3 N–H and O–H groups in total. The number of fused-ring (bicyclic) bond motifs is 1. The Morgan fingerprint density at radius 3 is 2.22 bits per heavy atom. The van der Waals surface area contributed by atoms with Crippen molar-refractivity contribution in [3.8, 4) is 5.75 Å². The second kappa shape index (κ2) is 9.47. The fourth-order valence-electron chi connectivity index (χ4n) is 3.11. The predicted molar refractivity (Wildman–Crippen MR) is 116 cm³/mol. The number of aromatic hydroxyl groups is 1. The monoisotopic (exact) mass is 515 g/mol. The summed E-state index contributed by atoms with van der Waals surface area (Å²) in [5.41, 5.74) is 1.76. The number of hydrazone groups is 1. The molecule has 0 fully saturated rings. The van der Waals surface area contributed by atoms with E-state index in [-0.39, 0.29) is 22.6 Å². The molecule has 0 bridgehead atoms. The molecule has 0 saturated heterocycles. The van der Waals surface area contributed by atoms with Crippen LogP contribution in [0.3, 0.4) is 0 Å². The summed E-state index contributed by atoms with van der Waals surface area (Å²) in [6, 6.07) is 14.1. The standard InChI is InChI=1S/C23H16F7N3O3/c1-12(32-33-19(35)18-16-8-3-2-5-13(16)9-10-17(18)34)14-6-4-7-15(11-14)31-20(36)21(24,25)22(26,27)23(28,29)30/h2-11,34H,1H3,(H,31,36)(H,33,35)/b32-12-. The fourth-order valence-corrected chi connectivity index (χ4v) is 3.11. The number of amides is 2. The van der Waals surface area contributed by atoms with Crippen LogP contribution in [0.2, 0.25) is 0 Å². The maximum Gasteiger partial charge on any atom is 0.460 e. The first-order valence-corrected chi connectivity index (χ1v) is 9.96. The van der Waals surface area contributed by atoms with E-state index < -0.39 is 35.5 Å². The molecule has 0 saturated carbocycles. The lowest BCUT2D eigenvalue weighted by atomic mass is 10.0. The number of phenols is 1. The summed E-state index contributed by atoms with van der Waals surface area (Å²) in [5.74, 6) is -16.7. The molecule has 3 aromatic rings. The molecule has 0 aromatic heterocycles. The van der Waals surface area contributed by atoms with E-state index in [0.717, 1.165) is 12.1 Å². The maximum atomic E-state index is 13.6. The Kier molecular flexibility index (Phi) is 6.96. The van der Waals surface area contributed by atoms with Crippen LogP contribution in [0.15, 0.2) is 65.8 Å². The largest absolute Gasteiger partial charge is 0.507 e. The van der Waals surface area contributed by atoms with Crippen LogP contribution in [0.4, 0.5) is 36.4 Å². The van der Waals surface area contributed by atoms with Gasteiger partial charge in [0.15, 0.2) is 0 Å². The summed E-state index contributed by atoms with van der Waals surface area (Å²) in [5, 5.41) is 16.4. The van der Waals surface area contributed by atoms with Crippen LogP contribution in [0, 0.1) is 0 Å². The zero-order valence-electron chi connectivity index (χ0n) is 18.1. The van der Waals surface area contributed by atoms with Crippen molar-refractivity contribution >= 4 is 34.0 Å². The van der Waals surface area contributed by atoms with Gasteiger partial charge in [-0.1, -0.05) is 42.5 Å². The highest BCUT2D eigenvalue weighted by Crippen LogP contribution is 2.46. The van der Waals surface area contributed by atoms with Gasteiger partial charge in [-0.3, -0.25) is 9.59 Å². The van der Waals surface area contributed by atoms with E-state index in [0.29, 0.717) is 10.8 Å².